The van der Waals surface area contributed by atoms with Gasteiger partial charge in [-0.25, -0.2) is 5.48 Å². The van der Waals surface area contributed by atoms with Crippen LogP contribution in [0.15, 0.2) is 36.5 Å². The predicted octanol–water partition coefficient (Wildman–Crippen LogP) is 6.05. The van der Waals surface area contributed by atoms with Gasteiger partial charge in [0, 0.05) is 19.2 Å². The van der Waals surface area contributed by atoms with Crippen LogP contribution in [0.5, 0.6) is 0 Å². The zero-order valence-corrected chi connectivity index (χ0v) is 21.3. The second-order valence-electron chi connectivity index (χ2n) is 8.74. The molecule has 1 aromatic heterocycles. The van der Waals surface area contributed by atoms with E-state index in [1.807, 2.05) is 36.7 Å². The molecule has 2 rings (SSSR count). The number of halogens is 2. The Morgan fingerprint density at radius 3 is 2.45 bits per heavy atom. The normalized spacial score (nSPS) is 14.2. The number of aryl methyl sites for hydroxylation is 1. The SMILES string of the molecule is CO[C@H](C[C@H](CCCCN[C@@H](c1ncc(Cl)cc1Cl)C(C)C)C(=O)NO)c1ccc(C)cc1. The smallest absolute Gasteiger partial charge is 0.246 e. The average Bonchev–Trinajstić information content (AvgIpc) is 2.79. The maximum atomic E-state index is 12.3. The Morgan fingerprint density at radius 2 is 1.88 bits per heavy atom. The monoisotopic (exact) mass is 495 g/mol. The third-order valence-corrected chi connectivity index (χ3v) is 6.36. The molecule has 0 aliphatic rings. The lowest BCUT2D eigenvalue weighted by Crippen LogP contribution is -2.30. The summed E-state index contributed by atoms with van der Waals surface area (Å²) in [4.78, 5) is 16.7. The van der Waals surface area contributed by atoms with Crippen LogP contribution in [0.2, 0.25) is 10.0 Å². The minimum absolute atomic E-state index is 0.00529. The summed E-state index contributed by atoms with van der Waals surface area (Å²) in [6, 6.07) is 9.81. The highest BCUT2D eigenvalue weighted by molar-refractivity contribution is 6.34. The van der Waals surface area contributed by atoms with E-state index in [4.69, 9.17) is 27.9 Å². The molecular formula is C25H35Cl2N3O3. The van der Waals surface area contributed by atoms with Crippen LogP contribution < -0.4 is 10.8 Å². The van der Waals surface area contributed by atoms with Crippen LogP contribution >= 0.6 is 23.2 Å². The number of methoxy groups -OCH3 is 1. The first kappa shape index (κ1) is 27.5. The molecule has 182 valence electrons. The third-order valence-electron chi connectivity index (χ3n) is 5.85. The second kappa shape index (κ2) is 13.9. The molecule has 0 unspecified atom stereocenters. The number of rotatable bonds is 13. The van der Waals surface area contributed by atoms with Gasteiger partial charge in [-0.15, -0.1) is 0 Å². The maximum absolute atomic E-state index is 12.3. The predicted molar refractivity (Wildman–Crippen MR) is 133 cm³/mol. The van der Waals surface area contributed by atoms with E-state index in [1.165, 1.54) is 5.56 Å². The van der Waals surface area contributed by atoms with Gasteiger partial charge in [-0.2, -0.15) is 0 Å². The quantitative estimate of drug-likeness (QED) is 0.179. The number of unbranched alkanes of at least 4 members (excludes halogenated alkanes) is 1. The number of aromatic nitrogens is 1. The molecule has 0 saturated heterocycles. The summed E-state index contributed by atoms with van der Waals surface area (Å²) in [5.41, 5.74) is 4.79. The Morgan fingerprint density at radius 1 is 1.18 bits per heavy atom. The van der Waals surface area contributed by atoms with Gasteiger partial charge in [0.25, 0.3) is 0 Å². The molecular weight excluding hydrogens is 461 g/mol. The molecule has 0 saturated carbocycles. The standard InChI is InChI=1S/C25H35Cl2N3O3/c1-16(2)23(24-21(27)14-20(26)15-29-24)28-12-6-5-7-19(25(31)30-32)13-22(33-4)18-10-8-17(3)9-11-18/h8-11,14-16,19,22-23,28,32H,5-7,12-13H2,1-4H3,(H,30,31)/t19-,22+,23+/m0/s1. The molecule has 1 amide bonds. The number of carbonyl (C=O) groups is 1. The van der Waals surface area contributed by atoms with Gasteiger partial charge < -0.3 is 10.1 Å². The van der Waals surface area contributed by atoms with Crippen LogP contribution in [0, 0.1) is 18.8 Å². The maximum Gasteiger partial charge on any atom is 0.246 e. The molecule has 3 atom stereocenters. The summed E-state index contributed by atoms with van der Waals surface area (Å²) < 4.78 is 5.65. The van der Waals surface area contributed by atoms with Crippen molar-refractivity contribution in [3.8, 4) is 0 Å². The number of ether oxygens (including phenoxy) is 1. The van der Waals surface area contributed by atoms with Crippen molar-refractivity contribution in [3.05, 3.63) is 63.4 Å². The number of hydroxylamine groups is 1. The van der Waals surface area contributed by atoms with Gasteiger partial charge in [-0.3, -0.25) is 15.0 Å². The fraction of sp³-hybridized carbons (Fsp3) is 0.520. The molecule has 0 spiro atoms. The molecule has 0 aliphatic carbocycles. The number of hydrogen-bond acceptors (Lipinski definition) is 5. The number of nitrogens with zero attached hydrogens (tertiary/aromatic N) is 1. The lowest BCUT2D eigenvalue weighted by molar-refractivity contribution is -0.135. The van der Waals surface area contributed by atoms with Crippen LogP contribution in [-0.2, 0) is 9.53 Å². The van der Waals surface area contributed by atoms with Crippen molar-refractivity contribution in [1.29, 1.82) is 0 Å². The summed E-state index contributed by atoms with van der Waals surface area (Å²) in [5.74, 6) is -0.440. The highest BCUT2D eigenvalue weighted by Crippen LogP contribution is 2.29. The van der Waals surface area contributed by atoms with Crippen LogP contribution in [0.3, 0.4) is 0 Å². The number of benzene rings is 1. The molecule has 0 fully saturated rings. The largest absolute Gasteiger partial charge is 0.377 e. The van der Waals surface area contributed by atoms with E-state index in [0.29, 0.717) is 28.8 Å². The van der Waals surface area contributed by atoms with E-state index in [9.17, 15) is 10.0 Å². The van der Waals surface area contributed by atoms with Crippen molar-refractivity contribution in [2.24, 2.45) is 11.8 Å². The minimum atomic E-state index is -0.380. The van der Waals surface area contributed by atoms with Crippen LogP contribution in [0.1, 0.15) is 68.5 Å². The zero-order chi connectivity index (χ0) is 24.4. The molecule has 0 radical (unpaired) electrons. The Balaban J connectivity index is 1.91. The fourth-order valence-corrected chi connectivity index (χ4v) is 4.43. The van der Waals surface area contributed by atoms with E-state index in [-0.39, 0.29) is 24.0 Å². The van der Waals surface area contributed by atoms with Gasteiger partial charge in [-0.1, -0.05) is 73.3 Å². The van der Waals surface area contributed by atoms with Crippen LogP contribution in [0.4, 0.5) is 0 Å². The summed E-state index contributed by atoms with van der Waals surface area (Å²) in [7, 11) is 1.64. The highest BCUT2D eigenvalue weighted by Gasteiger charge is 2.24. The average molecular weight is 496 g/mol. The molecule has 0 aliphatic heterocycles. The number of amides is 1. The van der Waals surface area contributed by atoms with Crippen molar-refractivity contribution in [1.82, 2.24) is 15.8 Å². The number of pyridine rings is 1. The van der Waals surface area contributed by atoms with Crippen molar-refractivity contribution in [3.63, 3.8) is 0 Å². The zero-order valence-electron chi connectivity index (χ0n) is 19.8. The van der Waals surface area contributed by atoms with Crippen molar-refractivity contribution < 1.29 is 14.7 Å². The lowest BCUT2D eigenvalue weighted by atomic mass is 9.91. The number of nitrogens with one attached hydrogen (secondary N) is 2. The molecule has 8 heteroatoms. The van der Waals surface area contributed by atoms with Crippen molar-refractivity contribution in [2.75, 3.05) is 13.7 Å². The van der Waals surface area contributed by atoms with Gasteiger partial charge in [0.05, 0.1) is 27.9 Å². The van der Waals surface area contributed by atoms with Gasteiger partial charge in [-0.05, 0) is 50.3 Å². The molecule has 2 aromatic rings. The van der Waals surface area contributed by atoms with E-state index < -0.39 is 0 Å². The molecule has 6 nitrogen and oxygen atoms in total. The van der Waals surface area contributed by atoms with E-state index in [2.05, 4.69) is 24.1 Å². The van der Waals surface area contributed by atoms with Crippen LogP contribution in [-0.4, -0.2) is 29.8 Å². The molecule has 33 heavy (non-hydrogen) atoms. The first-order chi connectivity index (χ1) is 15.8. The van der Waals surface area contributed by atoms with E-state index >= 15 is 0 Å². The Bertz CT molecular complexity index is 878. The summed E-state index contributed by atoms with van der Waals surface area (Å²) in [6.45, 7) is 7.01. The summed E-state index contributed by atoms with van der Waals surface area (Å²) in [5, 5.41) is 13.8. The van der Waals surface area contributed by atoms with Gasteiger partial charge in [0.2, 0.25) is 5.91 Å². The Kier molecular flexibility index (Phi) is 11.6. The molecule has 3 N–H and O–H groups in total. The first-order valence-corrected chi connectivity index (χ1v) is 12.1. The first-order valence-electron chi connectivity index (χ1n) is 11.3. The Labute approximate surface area is 207 Å². The van der Waals surface area contributed by atoms with Gasteiger partial charge in [0.1, 0.15) is 0 Å². The summed E-state index contributed by atoms with van der Waals surface area (Å²) in [6.07, 6.45) is 4.23. The topological polar surface area (TPSA) is 83.5 Å². The Hall–Kier alpha value is -1.70. The van der Waals surface area contributed by atoms with Crippen molar-refractivity contribution >= 4 is 29.1 Å². The lowest BCUT2D eigenvalue weighted by Gasteiger charge is -2.24. The van der Waals surface area contributed by atoms with Crippen LogP contribution in [0.25, 0.3) is 0 Å². The van der Waals surface area contributed by atoms with Gasteiger partial charge in [0.15, 0.2) is 0 Å². The minimum Gasteiger partial charge on any atom is -0.377 e. The van der Waals surface area contributed by atoms with Gasteiger partial charge >= 0.3 is 0 Å². The number of hydrogen-bond donors (Lipinski definition) is 3. The summed E-state index contributed by atoms with van der Waals surface area (Å²) >= 11 is 12.3. The van der Waals surface area contributed by atoms with E-state index in [1.54, 1.807) is 19.4 Å². The molecule has 1 heterocycles. The van der Waals surface area contributed by atoms with Crippen molar-refractivity contribution in [2.45, 2.75) is 58.6 Å². The fourth-order valence-electron chi connectivity index (χ4n) is 3.93. The molecule has 0 bridgehead atoms. The second-order valence-corrected chi connectivity index (χ2v) is 9.58. The van der Waals surface area contributed by atoms with E-state index in [0.717, 1.165) is 30.6 Å². The molecule has 1 aromatic carbocycles. The highest BCUT2D eigenvalue weighted by atomic mass is 35.5. The third kappa shape index (κ3) is 8.54. The number of carbonyl (C=O) groups excluding carboxylic acids is 1.